The second-order valence-corrected chi connectivity index (χ2v) is 5.94. The summed E-state index contributed by atoms with van der Waals surface area (Å²) in [6.07, 6.45) is 0. The van der Waals surface area contributed by atoms with Crippen LogP contribution >= 0.6 is 34.8 Å². The van der Waals surface area contributed by atoms with Crippen molar-refractivity contribution in [3.8, 4) is 5.75 Å². The van der Waals surface area contributed by atoms with Gasteiger partial charge in [-0.1, -0.05) is 34.8 Å². The van der Waals surface area contributed by atoms with E-state index in [9.17, 15) is 0 Å². The highest BCUT2D eigenvalue weighted by Gasteiger charge is 2.09. The van der Waals surface area contributed by atoms with E-state index in [-0.39, 0.29) is 5.54 Å². The largest absolute Gasteiger partial charge is 0.491 e. The molecule has 96 valence electrons. The summed E-state index contributed by atoms with van der Waals surface area (Å²) in [6, 6.07) is 3.21. The number of rotatable bonds is 4. The van der Waals surface area contributed by atoms with Gasteiger partial charge in [0.05, 0.1) is 15.1 Å². The lowest BCUT2D eigenvalue weighted by atomic mass is 10.1. The van der Waals surface area contributed by atoms with E-state index < -0.39 is 0 Å². The highest BCUT2D eigenvalue weighted by Crippen LogP contribution is 2.33. The van der Waals surface area contributed by atoms with E-state index in [0.717, 1.165) is 6.54 Å². The first-order valence-corrected chi connectivity index (χ1v) is 6.45. The lowest BCUT2D eigenvalue weighted by Gasteiger charge is -2.20. The minimum Gasteiger partial charge on any atom is -0.491 e. The van der Waals surface area contributed by atoms with Crippen LogP contribution in [0.3, 0.4) is 0 Å². The lowest BCUT2D eigenvalue weighted by Crippen LogP contribution is -2.38. The number of halogens is 3. The number of hydrogen-bond acceptors (Lipinski definition) is 2. The predicted molar refractivity (Wildman–Crippen MR) is 74.7 cm³/mol. The maximum atomic E-state index is 5.98. The third-order valence-electron chi connectivity index (χ3n) is 1.99. The molecule has 2 nitrogen and oxygen atoms in total. The van der Waals surface area contributed by atoms with Gasteiger partial charge in [-0.05, 0) is 26.8 Å². The normalized spacial score (nSPS) is 11.6. The van der Waals surface area contributed by atoms with Crippen molar-refractivity contribution in [2.75, 3.05) is 13.2 Å². The molecule has 0 aliphatic heterocycles. The molecule has 0 saturated heterocycles. The van der Waals surface area contributed by atoms with Crippen molar-refractivity contribution in [1.82, 2.24) is 5.32 Å². The monoisotopic (exact) mass is 295 g/mol. The first-order valence-electron chi connectivity index (χ1n) is 5.32. The standard InChI is InChI=1S/C12H16Cl3NO/c1-12(2,3)16-4-5-17-11-7-9(14)8(13)6-10(11)15/h6-7,16H,4-5H2,1-3H3. The van der Waals surface area contributed by atoms with E-state index in [1.165, 1.54) is 0 Å². The van der Waals surface area contributed by atoms with E-state index in [0.29, 0.717) is 27.4 Å². The third kappa shape index (κ3) is 5.35. The van der Waals surface area contributed by atoms with Crippen LogP contribution in [0.1, 0.15) is 20.8 Å². The summed E-state index contributed by atoms with van der Waals surface area (Å²) in [5.74, 6) is 0.553. The summed E-state index contributed by atoms with van der Waals surface area (Å²) >= 11 is 17.7. The summed E-state index contributed by atoms with van der Waals surface area (Å²) < 4.78 is 5.53. The number of benzene rings is 1. The van der Waals surface area contributed by atoms with Crippen LogP contribution in [0, 0.1) is 0 Å². The fourth-order valence-corrected chi connectivity index (χ4v) is 1.79. The van der Waals surface area contributed by atoms with Crippen molar-refractivity contribution in [2.45, 2.75) is 26.3 Å². The average Bonchev–Trinajstić information content (AvgIpc) is 2.18. The van der Waals surface area contributed by atoms with Gasteiger partial charge in [-0.25, -0.2) is 0 Å². The predicted octanol–water partition coefficient (Wildman–Crippen LogP) is 4.41. The molecular formula is C12H16Cl3NO. The Morgan fingerprint density at radius 2 is 1.65 bits per heavy atom. The zero-order valence-corrected chi connectivity index (χ0v) is 12.4. The Balaban J connectivity index is 2.50. The zero-order valence-electron chi connectivity index (χ0n) is 10.1. The van der Waals surface area contributed by atoms with Crippen LogP contribution in [0.25, 0.3) is 0 Å². The van der Waals surface area contributed by atoms with Gasteiger partial charge in [0.25, 0.3) is 0 Å². The van der Waals surface area contributed by atoms with Crippen molar-refractivity contribution in [3.63, 3.8) is 0 Å². The molecule has 0 aromatic heterocycles. The molecule has 0 unspecified atom stereocenters. The molecule has 0 radical (unpaired) electrons. The quantitative estimate of drug-likeness (QED) is 0.656. The average molecular weight is 297 g/mol. The van der Waals surface area contributed by atoms with Crippen molar-refractivity contribution >= 4 is 34.8 Å². The first-order chi connectivity index (χ1) is 7.79. The van der Waals surface area contributed by atoms with Crippen LogP contribution in [0.5, 0.6) is 5.75 Å². The first kappa shape index (κ1) is 14.9. The van der Waals surface area contributed by atoms with E-state index >= 15 is 0 Å². The molecule has 0 aliphatic rings. The summed E-state index contributed by atoms with van der Waals surface area (Å²) in [7, 11) is 0. The molecule has 0 atom stereocenters. The van der Waals surface area contributed by atoms with E-state index in [1.54, 1.807) is 12.1 Å². The number of nitrogens with one attached hydrogen (secondary N) is 1. The Labute approximate surface area is 117 Å². The van der Waals surface area contributed by atoms with Crippen LogP contribution in [0.4, 0.5) is 0 Å². The fraction of sp³-hybridized carbons (Fsp3) is 0.500. The summed E-state index contributed by atoms with van der Waals surface area (Å²) in [5, 5.41) is 4.65. The SMILES string of the molecule is CC(C)(C)NCCOc1cc(Cl)c(Cl)cc1Cl. The molecule has 0 amide bonds. The molecule has 1 N–H and O–H groups in total. The summed E-state index contributed by atoms with van der Waals surface area (Å²) in [6.45, 7) is 7.55. The lowest BCUT2D eigenvalue weighted by molar-refractivity contribution is 0.291. The molecule has 0 spiro atoms. The minimum absolute atomic E-state index is 0.0742. The van der Waals surface area contributed by atoms with Crippen LogP contribution in [0.2, 0.25) is 15.1 Å². The van der Waals surface area contributed by atoms with Gasteiger partial charge in [-0.3, -0.25) is 0 Å². The van der Waals surface area contributed by atoms with Gasteiger partial charge in [0.1, 0.15) is 12.4 Å². The second-order valence-electron chi connectivity index (χ2n) is 4.72. The molecule has 1 aromatic rings. The molecule has 1 aromatic carbocycles. The summed E-state index contributed by atoms with van der Waals surface area (Å²) in [4.78, 5) is 0. The van der Waals surface area contributed by atoms with Gasteiger partial charge >= 0.3 is 0 Å². The van der Waals surface area contributed by atoms with Crippen LogP contribution < -0.4 is 10.1 Å². The van der Waals surface area contributed by atoms with Crippen molar-refractivity contribution in [1.29, 1.82) is 0 Å². The molecule has 0 heterocycles. The second kappa shape index (κ2) is 6.14. The molecule has 0 aliphatic carbocycles. The Morgan fingerprint density at radius 3 is 2.24 bits per heavy atom. The molecular weight excluding hydrogens is 280 g/mol. The molecule has 17 heavy (non-hydrogen) atoms. The molecule has 0 saturated carbocycles. The Kier molecular flexibility index (Phi) is 5.39. The minimum atomic E-state index is 0.0742. The number of hydrogen-bond donors (Lipinski definition) is 1. The molecule has 0 bridgehead atoms. The molecule has 5 heteroatoms. The highest BCUT2D eigenvalue weighted by atomic mass is 35.5. The fourth-order valence-electron chi connectivity index (χ4n) is 1.20. The maximum Gasteiger partial charge on any atom is 0.139 e. The molecule has 0 fully saturated rings. The van der Waals surface area contributed by atoms with Gasteiger partial charge in [-0.15, -0.1) is 0 Å². The van der Waals surface area contributed by atoms with Crippen LogP contribution in [0.15, 0.2) is 12.1 Å². The Hall–Kier alpha value is -0.150. The molecule has 1 rings (SSSR count). The van der Waals surface area contributed by atoms with Gasteiger partial charge < -0.3 is 10.1 Å². The third-order valence-corrected chi connectivity index (χ3v) is 3.01. The van der Waals surface area contributed by atoms with Gasteiger partial charge in [0.15, 0.2) is 0 Å². The van der Waals surface area contributed by atoms with E-state index in [2.05, 4.69) is 26.1 Å². The van der Waals surface area contributed by atoms with Crippen molar-refractivity contribution in [2.24, 2.45) is 0 Å². The topological polar surface area (TPSA) is 21.3 Å². The highest BCUT2D eigenvalue weighted by molar-refractivity contribution is 6.43. The maximum absolute atomic E-state index is 5.98. The van der Waals surface area contributed by atoms with Gasteiger partial charge in [0.2, 0.25) is 0 Å². The van der Waals surface area contributed by atoms with E-state index in [4.69, 9.17) is 39.5 Å². The van der Waals surface area contributed by atoms with Gasteiger partial charge in [-0.2, -0.15) is 0 Å². The van der Waals surface area contributed by atoms with Crippen LogP contribution in [-0.2, 0) is 0 Å². The smallest absolute Gasteiger partial charge is 0.139 e. The number of ether oxygens (including phenoxy) is 1. The Bertz CT molecular complexity index is 388. The zero-order chi connectivity index (χ0) is 13.1. The van der Waals surface area contributed by atoms with Crippen molar-refractivity contribution < 1.29 is 4.74 Å². The van der Waals surface area contributed by atoms with E-state index in [1.807, 2.05) is 0 Å². The van der Waals surface area contributed by atoms with Gasteiger partial charge in [0, 0.05) is 18.2 Å². The van der Waals surface area contributed by atoms with Crippen LogP contribution in [-0.4, -0.2) is 18.7 Å². The summed E-state index contributed by atoms with van der Waals surface area (Å²) in [5.41, 5.74) is 0.0742. The Morgan fingerprint density at radius 1 is 1.06 bits per heavy atom. The van der Waals surface area contributed by atoms with Crippen molar-refractivity contribution in [3.05, 3.63) is 27.2 Å².